The molecule has 0 aromatic carbocycles. The first-order chi connectivity index (χ1) is 10.4. The van der Waals surface area contributed by atoms with Crippen molar-refractivity contribution in [2.45, 2.75) is 38.0 Å². The van der Waals surface area contributed by atoms with E-state index in [-0.39, 0.29) is 0 Å². The van der Waals surface area contributed by atoms with Crippen LogP contribution in [-0.4, -0.2) is 59.7 Å². The molecule has 4 rings (SSSR count). The van der Waals surface area contributed by atoms with Crippen LogP contribution in [0.15, 0.2) is 24.5 Å². The van der Waals surface area contributed by atoms with Crippen molar-refractivity contribution >= 4 is 0 Å². The molecule has 21 heavy (non-hydrogen) atoms. The van der Waals surface area contributed by atoms with E-state index >= 15 is 0 Å². The van der Waals surface area contributed by atoms with E-state index < -0.39 is 0 Å². The van der Waals surface area contributed by atoms with Crippen molar-refractivity contribution in [3.05, 3.63) is 30.1 Å². The van der Waals surface area contributed by atoms with Crippen molar-refractivity contribution in [1.82, 2.24) is 14.8 Å². The Morgan fingerprint density at radius 2 is 2.19 bits per heavy atom. The molecule has 3 fully saturated rings. The average molecular weight is 287 g/mol. The van der Waals surface area contributed by atoms with Gasteiger partial charge in [0.05, 0.1) is 6.10 Å². The van der Waals surface area contributed by atoms with Crippen molar-refractivity contribution in [1.29, 1.82) is 0 Å². The number of hydrogen-bond donors (Lipinski definition) is 0. The van der Waals surface area contributed by atoms with Gasteiger partial charge in [0.1, 0.15) is 0 Å². The standard InChI is InChI=1S/C17H25N3O/c1-2-15(9-18-5-1)10-19-6-7-20-12-17(8-16(20)11-19)21-13-14-3-4-14/h1-2,5,9,14,16-17H,3-4,6-8,10-13H2/t16-,17-/m1/s1. The molecule has 4 nitrogen and oxygen atoms in total. The van der Waals surface area contributed by atoms with Gasteiger partial charge in [0.25, 0.3) is 0 Å². The molecule has 1 saturated carbocycles. The van der Waals surface area contributed by atoms with E-state index in [1.54, 1.807) is 0 Å². The highest BCUT2D eigenvalue weighted by molar-refractivity contribution is 5.08. The molecule has 1 aliphatic carbocycles. The summed E-state index contributed by atoms with van der Waals surface area (Å²) in [5.41, 5.74) is 1.32. The minimum absolute atomic E-state index is 0.481. The highest BCUT2D eigenvalue weighted by atomic mass is 16.5. The molecule has 0 unspecified atom stereocenters. The first kappa shape index (κ1) is 13.7. The summed E-state index contributed by atoms with van der Waals surface area (Å²) in [4.78, 5) is 9.43. The number of piperazine rings is 1. The molecular formula is C17H25N3O. The smallest absolute Gasteiger partial charge is 0.0717 e. The number of hydrogen-bond acceptors (Lipinski definition) is 4. The van der Waals surface area contributed by atoms with Crippen LogP contribution in [0.1, 0.15) is 24.8 Å². The van der Waals surface area contributed by atoms with Crippen LogP contribution in [0.5, 0.6) is 0 Å². The van der Waals surface area contributed by atoms with Crippen LogP contribution in [0.25, 0.3) is 0 Å². The van der Waals surface area contributed by atoms with Gasteiger partial charge >= 0.3 is 0 Å². The van der Waals surface area contributed by atoms with E-state index in [0.717, 1.165) is 25.6 Å². The first-order valence-corrected chi connectivity index (χ1v) is 8.34. The molecule has 4 heteroatoms. The third kappa shape index (κ3) is 3.44. The maximum Gasteiger partial charge on any atom is 0.0717 e. The zero-order chi connectivity index (χ0) is 14.1. The van der Waals surface area contributed by atoms with Crippen molar-refractivity contribution < 1.29 is 4.74 Å². The lowest BCUT2D eigenvalue weighted by Gasteiger charge is -2.37. The number of fused-ring (bicyclic) bond motifs is 1. The topological polar surface area (TPSA) is 28.6 Å². The second-order valence-electron chi connectivity index (χ2n) is 6.88. The number of rotatable bonds is 5. The zero-order valence-electron chi connectivity index (χ0n) is 12.7. The lowest BCUT2D eigenvalue weighted by atomic mass is 10.1. The Morgan fingerprint density at radius 1 is 1.24 bits per heavy atom. The van der Waals surface area contributed by atoms with Gasteiger partial charge in [-0.2, -0.15) is 0 Å². The predicted octanol–water partition coefficient (Wildman–Crippen LogP) is 1.77. The Morgan fingerprint density at radius 3 is 3.00 bits per heavy atom. The highest BCUT2D eigenvalue weighted by Crippen LogP contribution is 2.31. The van der Waals surface area contributed by atoms with Gasteiger partial charge in [-0.3, -0.25) is 14.8 Å². The summed E-state index contributed by atoms with van der Waals surface area (Å²) in [6.07, 6.45) is 8.31. The summed E-state index contributed by atoms with van der Waals surface area (Å²) >= 11 is 0. The molecule has 2 saturated heterocycles. The molecule has 0 amide bonds. The van der Waals surface area contributed by atoms with Gasteiger partial charge in [-0.1, -0.05) is 6.07 Å². The van der Waals surface area contributed by atoms with Crippen molar-refractivity contribution in [2.75, 3.05) is 32.8 Å². The lowest BCUT2D eigenvalue weighted by molar-refractivity contribution is 0.0508. The van der Waals surface area contributed by atoms with E-state index in [2.05, 4.69) is 20.9 Å². The lowest BCUT2D eigenvalue weighted by Crippen LogP contribution is -2.49. The average Bonchev–Trinajstić information content (AvgIpc) is 3.25. The Bertz CT molecular complexity index is 462. The fraction of sp³-hybridized carbons (Fsp3) is 0.706. The van der Waals surface area contributed by atoms with Gasteiger partial charge in [-0.15, -0.1) is 0 Å². The van der Waals surface area contributed by atoms with Crippen LogP contribution in [0.3, 0.4) is 0 Å². The molecule has 0 N–H and O–H groups in total. The van der Waals surface area contributed by atoms with Crippen LogP contribution in [0, 0.1) is 5.92 Å². The summed E-state index contributed by atoms with van der Waals surface area (Å²) < 4.78 is 6.10. The van der Waals surface area contributed by atoms with E-state index in [1.165, 1.54) is 44.5 Å². The summed E-state index contributed by atoms with van der Waals surface area (Å²) in [6, 6.07) is 4.90. The molecular weight excluding hydrogens is 262 g/mol. The Balaban J connectivity index is 1.28. The third-order valence-electron chi connectivity index (χ3n) is 5.06. The molecule has 0 spiro atoms. The fourth-order valence-electron chi connectivity index (χ4n) is 3.63. The molecule has 2 aliphatic heterocycles. The summed E-state index contributed by atoms with van der Waals surface area (Å²) in [7, 11) is 0. The summed E-state index contributed by atoms with van der Waals surface area (Å²) in [5.74, 6) is 0.879. The minimum atomic E-state index is 0.481. The third-order valence-corrected chi connectivity index (χ3v) is 5.06. The van der Waals surface area contributed by atoms with Gasteiger partial charge < -0.3 is 4.74 Å². The predicted molar refractivity (Wildman–Crippen MR) is 82.0 cm³/mol. The molecule has 1 aromatic heterocycles. The monoisotopic (exact) mass is 287 g/mol. The van der Waals surface area contributed by atoms with Crippen molar-refractivity contribution in [3.8, 4) is 0 Å². The maximum atomic E-state index is 6.10. The van der Waals surface area contributed by atoms with Crippen LogP contribution >= 0.6 is 0 Å². The van der Waals surface area contributed by atoms with Gasteiger partial charge in [0, 0.05) is 57.8 Å². The van der Waals surface area contributed by atoms with E-state index in [0.29, 0.717) is 12.1 Å². The quantitative estimate of drug-likeness (QED) is 0.825. The largest absolute Gasteiger partial charge is 0.377 e. The van der Waals surface area contributed by atoms with E-state index in [4.69, 9.17) is 4.74 Å². The van der Waals surface area contributed by atoms with Gasteiger partial charge in [0.15, 0.2) is 0 Å². The normalized spacial score (nSPS) is 30.5. The molecule has 3 heterocycles. The fourth-order valence-corrected chi connectivity index (χ4v) is 3.63. The molecule has 114 valence electrons. The number of aromatic nitrogens is 1. The molecule has 0 bridgehead atoms. The number of pyridine rings is 1. The Kier molecular flexibility index (Phi) is 3.93. The molecule has 2 atom stereocenters. The molecule has 1 aromatic rings. The molecule has 3 aliphatic rings. The minimum Gasteiger partial charge on any atom is -0.377 e. The Labute approximate surface area is 127 Å². The zero-order valence-corrected chi connectivity index (χ0v) is 12.7. The summed E-state index contributed by atoms with van der Waals surface area (Å²) in [6.45, 7) is 6.72. The SMILES string of the molecule is c1cncc(CN2CCN3C[C@H](OCC4CC4)C[C@@H]3C2)c1. The van der Waals surface area contributed by atoms with E-state index in [1.807, 2.05) is 18.5 Å². The second kappa shape index (κ2) is 6.03. The van der Waals surface area contributed by atoms with Crippen molar-refractivity contribution in [3.63, 3.8) is 0 Å². The summed E-state index contributed by atoms with van der Waals surface area (Å²) in [5, 5.41) is 0. The van der Waals surface area contributed by atoms with Crippen LogP contribution in [0.4, 0.5) is 0 Å². The van der Waals surface area contributed by atoms with Crippen LogP contribution in [-0.2, 0) is 11.3 Å². The number of nitrogens with zero attached hydrogens (tertiary/aromatic N) is 3. The van der Waals surface area contributed by atoms with Gasteiger partial charge in [-0.25, -0.2) is 0 Å². The number of ether oxygens (including phenoxy) is 1. The van der Waals surface area contributed by atoms with Crippen molar-refractivity contribution in [2.24, 2.45) is 5.92 Å². The van der Waals surface area contributed by atoms with E-state index in [9.17, 15) is 0 Å². The Hall–Kier alpha value is -0.970. The highest BCUT2D eigenvalue weighted by Gasteiger charge is 2.37. The second-order valence-corrected chi connectivity index (χ2v) is 6.88. The van der Waals surface area contributed by atoms with Gasteiger partial charge in [-0.05, 0) is 36.8 Å². The first-order valence-electron chi connectivity index (χ1n) is 8.34. The van der Waals surface area contributed by atoms with Crippen LogP contribution < -0.4 is 0 Å². The molecule has 0 radical (unpaired) electrons. The van der Waals surface area contributed by atoms with Crippen LogP contribution in [0.2, 0.25) is 0 Å². The van der Waals surface area contributed by atoms with Gasteiger partial charge in [0.2, 0.25) is 0 Å². The maximum absolute atomic E-state index is 6.10.